The summed E-state index contributed by atoms with van der Waals surface area (Å²) in [5.74, 6) is 2.15. The van der Waals surface area contributed by atoms with Crippen molar-refractivity contribution in [1.82, 2.24) is 15.0 Å². The van der Waals surface area contributed by atoms with Crippen LogP contribution in [0.1, 0.15) is 5.69 Å². The zero-order chi connectivity index (χ0) is 19.5. The maximum atomic E-state index is 13.4. The van der Waals surface area contributed by atoms with E-state index in [-0.39, 0.29) is 11.5 Å². The highest BCUT2D eigenvalue weighted by molar-refractivity contribution is 7.99. The lowest BCUT2D eigenvalue weighted by Crippen LogP contribution is -2.34. The summed E-state index contributed by atoms with van der Waals surface area (Å²) in [6.45, 7) is 1.60. The summed E-state index contributed by atoms with van der Waals surface area (Å²) in [7, 11) is 0. The minimum absolute atomic E-state index is 0.250. The molecule has 1 aliphatic rings. The number of anilines is 1. The highest BCUT2D eigenvalue weighted by Gasteiger charge is 2.23. The Kier molecular flexibility index (Phi) is 5.42. The third kappa shape index (κ3) is 3.66. The summed E-state index contributed by atoms with van der Waals surface area (Å²) >= 11 is 8.26. The molecule has 1 aliphatic heterocycles. The predicted molar refractivity (Wildman–Crippen MR) is 110 cm³/mol. The van der Waals surface area contributed by atoms with Crippen molar-refractivity contribution in [2.45, 2.75) is 0 Å². The Morgan fingerprint density at radius 3 is 2.50 bits per heavy atom. The molecule has 4 rings (SSSR count). The number of thioether (sulfide) groups is 1. The van der Waals surface area contributed by atoms with Gasteiger partial charge in [0.25, 0.3) is 0 Å². The van der Waals surface area contributed by atoms with E-state index >= 15 is 0 Å². The first-order valence-electron chi connectivity index (χ1n) is 8.68. The first kappa shape index (κ1) is 18.7. The highest BCUT2D eigenvalue weighted by atomic mass is 35.5. The first-order chi connectivity index (χ1) is 13.7. The van der Waals surface area contributed by atoms with Gasteiger partial charge in [-0.3, -0.25) is 4.98 Å². The second-order valence-corrected chi connectivity index (χ2v) is 7.80. The van der Waals surface area contributed by atoms with Crippen LogP contribution in [0.25, 0.3) is 22.5 Å². The molecule has 140 valence electrons. The number of pyridine rings is 1. The molecule has 0 bridgehead atoms. The number of hydrogen-bond donors (Lipinski definition) is 0. The smallest absolute Gasteiger partial charge is 0.183 e. The van der Waals surface area contributed by atoms with Gasteiger partial charge in [0, 0.05) is 48.1 Å². The Morgan fingerprint density at radius 2 is 1.82 bits per heavy atom. The summed E-state index contributed by atoms with van der Waals surface area (Å²) < 4.78 is 13.4. The molecular formula is C20H15ClFN5S. The van der Waals surface area contributed by atoms with E-state index in [4.69, 9.17) is 16.6 Å². The molecule has 0 amide bonds. The molecule has 1 saturated heterocycles. The van der Waals surface area contributed by atoms with Gasteiger partial charge >= 0.3 is 0 Å². The van der Waals surface area contributed by atoms with E-state index in [0.29, 0.717) is 33.4 Å². The van der Waals surface area contributed by atoms with Crippen LogP contribution in [0.15, 0.2) is 42.7 Å². The predicted octanol–water partition coefficient (Wildman–Crippen LogP) is 4.42. The molecule has 1 aromatic carbocycles. The molecule has 0 atom stereocenters. The van der Waals surface area contributed by atoms with Crippen molar-refractivity contribution in [3.05, 3.63) is 59.3 Å². The lowest BCUT2D eigenvalue weighted by Gasteiger charge is -2.28. The van der Waals surface area contributed by atoms with Crippen molar-refractivity contribution in [3.8, 4) is 28.6 Å². The maximum Gasteiger partial charge on any atom is 0.183 e. The minimum atomic E-state index is -0.344. The molecule has 1 fully saturated rings. The van der Waals surface area contributed by atoms with E-state index in [1.165, 1.54) is 12.1 Å². The molecule has 2 aromatic heterocycles. The first-order valence-corrected chi connectivity index (χ1v) is 10.2. The van der Waals surface area contributed by atoms with Crippen molar-refractivity contribution >= 4 is 29.2 Å². The number of nitriles is 1. The van der Waals surface area contributed by atoms with Crippen molar-refractivity contribution in [1.29, 1.82) is 5.26 Å². The number of benzene rings is 1. The van der Waals surface area contributed by atoms with E-state index < -0.39 is 0 Å². The normalized spacial score (nSPS) is 14.0. The van der Waals surface area contributed by atoms with Gasteiger partial charge in [-0.1, -0.05) is 11.6 Å². The van der Waals surface area contributed by atoms with Crippen LogP contribution in [-0.2, 0) is 0 Å². The van der Waals surface area contributed by atoms with Gasteiger partial charge in [0.1, 0.15) is 17.6 Å². The zero-order valence-corrected chi connectivity index (χ0v) is 16.3. The molecule has 0 N–H and O–H groups in total. The lowest BCUT2D eigenvalue weighted by molar-refractivity contribution is 0.628. The van der Waals surface area contributed by atoms with E-state index in [1.54, 1.807) is 30.6 Å². The van der Waals surface area contributed by atoms with Crippen LogP contribution >= 0.6 is 23.4 Å². The largest absolute Gasteiger partial charge is 0.353 e. The second-order valence-electron chi connectivity index (χ2n) is 6.17. The van der Waals surface area contributed by atoms with E-state index in [1.807, 2.05) is 11.8 Å². The average Bonchev–Trinajstić information content (AvgIpc) is 2.74. The monoisotopic (exact) mass is 411 g/mol. The fourth-order valence-corrected chi connectivity index (χ4v) is 4.17. The number of rotatable bonds is 3. The second kappa shape index (κ2) is 8.13. The third-order valence-corrected chi connectivity index (χ3v) is 5.68. The summed E-state index contributed by atoms with van der Waals surface area (Å²) in [5.41, 5.74) is 2.61. The topological polar surface area (TPSA) is 65.7 Å². The zero-order valence-electron chi connectivity index (χ0n) is 14.8. The lowest BCUT2D eigenvalue weighted by atomic mass is 10.0. The summed E-state index contributed by atoms with van der Waals surface area (Å²) in [6.07, 6.45) is 3.18. The van der Waals surface area contributed by atoms with Crippen molar-refractivity contribution in [2.24, 2.45) is 0 Å². The molecule has 3 aromatic rings. The van der Waals surface area contributed by atoms with Crippen LogP contribution in [0.2, 0.25) is 5.02 Å². The van der Waals surface area contributed by atoms with Crippen molar-refractivity contribution < 1.29 is 4.39 Å². The van der Waals surface area contributed by atoms with Crippen LogP contribution in [-0.4, -0.2) is 39.5 Å². The Morgan fingerprint density at radius 1 is 1.07 bits per heavy atom. The van der Waals surface area contributed by atoms with Gasteiger partial charge in [0.15, 0.2) is 11.5 Å². The van der Waals surface area contributed by atoms with Crippen molar-refractivity contribution in [3.63, 3.8) is 0 Å². The summed E-state index contributed by atoms with van der Waals surface area (Å²) in [5, 5.41) is 10.1. The highest BCUT2D eigenvalue weighted by Crippen LogP contribution is 2.35. The molecule has 8 heteroatoms. The number of halogens is 2. The molecule has 5 nitrogen and oxygen atoms in total. The molecule has 0 saturated carbocycles. The standard InChI is InChI=1S/C20H15ClFN5S/c21-16-12-24-6-5-15(16)19-18(13-1-3-14(22)4-2-13)25-17(11-23)20(26-19)27-7-9-28-10-8-27/h1-6,12H,7-10H2. The SMILES string of the molecule is N#Cc1nc(-c2ccc(F)cc2)c(-c2ccncc2Cl)nc1N1CCSCC1. The van der Waals surface area contributed by atoms with Gasteiger partial charge in [-0.25, -0.2) is 14.4 Å². The quantitative estimate of drug-likeness (QED) is 0.635. The molecular weight excluding hydrogens is 397 g/mol. The van der Waals surface area contributed by atoms with Crippen LogP contribution in [0.3, 0.4) is 0 Å². The molecule has 3 heterocycles. The van der Waals surface area contributed by atoms with Crippen LogP contribution in [0.5, 0.6) is 0 Å². The third-order valence-electron chi connectivity index (χ3n) is 4.44. The summed E-state index contributed by atoms with van der Waals surface area (Å²) in [6, 6.07) is 9.89. The molecule has 0 aliphatic carbocycles. The average molecular weight is 412 g/mol. The van der Waals surface area contributed by atoms with Gasteiger partial charge < -0.3 is 4.90 Å². The van der Waals surface area contributed by atoms with Gasteiger partial charge in [-0.15, -0.1) is 0 Å². The van der Waals surface area contributed by atoms with E-state index in [9.17, 15) is 9.65 Å². The van der Waals surface area contributed by atoms with Crippen LogP contribution < -0.4 is 4.90 Å². The number of nitrogens with zero attached hydrogens (tertiary/aromatic N) is 5. The number of hydrogen-bond acceptors (Lipinski definition) is 6. The van der Waals surface area contributed by atoms with E-state index in [2.05, 4.69) is 20.9 Å². The van der Waals surface area contributed by atoms with Gasteiger partial charge in [-0.2, -0.15) is 17.0 Å². The molecule has 0 radical (unpaired) electrons. The Bertz CT molecular complexity index is 1050. The molecule has 0 unspecified atom stereocenters. The Balaban J connectivity index is 1.95. The van der Waals surface area contributed by atoms with Gasteiger partial charge in [0.05, 0.1) is 10.7 Å². The molecule has 28 heavy (non-hydrogen) atoms. The van der Waals surface area contributed by atoms with Gasteiger partial charge in [0.2, 0.25) is 0 Å². The number of aromatic nitrogens is 3. The Hall–Kier alpha value is -2.69. The maximum absolute atomic E-state index is 13.4. The van der Waals surface area contributed by atoms with Crippen LogP contribution in [0.4, 0.5) is 10.2 Å². The van der Waals surface area contributed by atoms with Gasteiger partial charge in [-0.05, 0) is 30.3 Å². The minimum Gasteiger partial charge on any atom is -0.353 e. The van der Waals surface area contributed by atoms with Crippen LogP contribution in [0, 0.1) is 17.1 Å². The fraction of sp³-hybridized carbons (Fsp3) is 0.200. The summed E-state index contributed by atoms with van der Waals surface area (Å²) in [4.78, 5) is 15.5. The van der Waals surface area contributed by atoms with Crippen molar-refractivity contribution in [2.75, 3.05) is 29.5 Å². The Labute approximate surface area is 171 Å². The van der Waals surface area contributed by atoms with E-state index in [0.717, 1.165) is 24.6 Å². The molecule has 0 spiro atoms. The fourth-order valence-electron chi connectivity index (χ4n) is 3.06.